The van der Waals surface area contributed by atoms with Crippen LogP contribution in [0.3, 0.4) is 0 Å². The van der Waals surface area contributed by atoms with Crippen LogP contribution in [0.15, 0.2) is 124 Å². The summed E-state index contributed by atoms with van der Waals surface area (Å²) in [5.74, 6) is 3.78. The number of ether oxygens (including phenoxy) is 4. The number of benzene rings is 5. The highest BCUT2D eigenvalue weighted by atomic mass is 35.5. The minimum absolute atomic E-state index is 0.297. The van der Waals surface area contributed by atoms with Crippen LogP contribution in [0.1, 0.15) is 39.5 Å². The normalized spacial score (nSPS) is 12.9. The van der Waals surface area contributed by atoms with Gasteiger partial charge >= 0.3 is 0 Å². The maximum atomic E-state index is 6.41. The zero-order valence-corrected chi connectivity index (χ0v) is 33.5. The van der Waals surface area contributed by atoms with Gasteiger partial charge in [0.2, 0.25) is 0 Å². The maximum Gasteiger partial charge on any atom is 0.163 e. The van der Waals surface area contributed by atoms with E-state index in [1.165, 1.54) is 0 Å². The van der Waals surface area contributed by atoms with Gasteiger partial charge in [0.05, 0.1) is 62.3 Å². The van der Waals surface area contributed by atoms with E-state index in [9.17, 15) is 0 Å². The Balaban J connectivity index is 0.000000189. The summed E-state index contributed by atoms with van der Waals surface area (Å²) in [4.78, 5) is 14.3. The molecule has 6 aromatic rings. The molecule has 1 aromatic heterocycles. The van der Waals surface area contributed by atoms with Gasteiger partial charge in [0.15, 0.2) is 11.6 Å². The van der Waals surface area contributed by atoms with Gasteiger partial charge in [0.1, 0.15) is 30.4 Å². The predicted octanol–water partition coefficient (Wildman–Crippen LogP) is 9.60. The highest BCUT2D eigenvalue weighted by Crippen LogP contribution is 2.33. The first-order valence-electron chi connectivity index (χ1n) is 17.6. The van der Waals surface area contributed by atoms with Crippen molar-refractivity contribution < 1.29 is 18.9 Å². The molecule has 284 valence electrons. The number of aliphatic imine (C=N–C) groups is 3. The lowest BCUT2D eigenvalue weighted by atomic mass is 9.99. The third-order valence-corrected chi connectivity index (χ3v) is 10.2. The second-order valence-corrected chi connectivity index (χ2v) is 14.2. The highest BCUT2D eigenvalue weighted by molar-refractivity contribution is 8.13. The summed E-state index contributed by atoms with van der Waals surface area (Å²) in [5.41, 5.74) is 8.15. The smallest absolute Gasteiger partial charge is 0.163 e. The molecule has 5 aromatic carbocycles. The Morgan fingerprint density at radius 1 is 0.643 bits per heavy atom. The molecule has 2 aliphatic heterocycles. The average Bonchev–Trinajstić information content (AvgIpc) is 3.44. The number of aromatic nitrogens is 3. The van der Waals surface area contributed by atoms with Crippen molar-refractivity contribution in [2.45, 2.75) is 19.8 Å². The van der Waals surface area contributed by atoms with Gasteiger partial charge in [0.25, 0.3) is 0 Å². The van der Waals surface area contributed by atoms with Crippen LogP contribution >= 0.6 is 35.0 Å². The number of hydrogen-bond acceptors (Lipinski definition) is 10. The topological polar surface area (TPSA) is 105 Å². The van der Waals surface area contributed by atoms with Gasteiger partial charge < -0.3 is 18.9 Å². The Hall–Kier alpha value is -5.46. The number of para-hydroxylation sites is 2. The summed E-state index contributed by atoms with van der Waals surface area (Å²) in [6, 6.07) is 34.9. The van der Waals surface area contributed by atoms with Crippen molar-refractivity contribution in [1.29, 1.82) is 0 Å². The number of fused-ring (bicyclic) bond motifs is 4. The average molecular weight is 806 g/mol. The van der Waals surface area contributed by atoms with Crippen molar-refractivity contribution in [3.05, 3.63) is 159 Å². The largest absolute Gasteiger partial charge is 0.497 e. The summed E-state index contributed by atoms with van der Waals surface area (Å²) in [6.07, 6.45) is 2.01. The van der Waals surface area contributed by atoms with Crippen LogP contribution in [-0.4, -0.2) is 65.4 Å². The minimum atomic E-state index is 0.297. The van der Waals surface area contributed by atoms with E-state index in [0.29, 0.717) is 42.2 Å². The molecule has 10 nitrogen and oxygen atoms in total. The second kappa shape index (κ2) is 18.0. The van der Waals surface area contributed by atoms with Crippen molar-refractivity contribution in [1.82, 2.24) is 14.8 Å². The van der Waals surface area contributed by atoms with Crippen LogP contribution in [-0.2, 0) is 24.5 Å². The number of halogens is 2. The summed E-state index contributed by atoms with van der Waals surface area (Å²) >= 11 is 14.2. The lowest BCUT2D eigenvalue weighted by Gasteiger charge is -2.15. The molecule has 8 rings (SSSR count). The Morgan fingerprint density at radius 3 is 1.93 bits per heavy atom. The molecule has 13 heteroatoms. The second-order valence-electron chi connectivity index (χ2n) is 12.5. The molecule has 0 spiro atoms. The van der Waals surface area contributed by atoms with Crippen LogP contribution in [0.5, 0.6) is 17.2 Å². The molecule has 0 N–H and O–H groups in total. The fourth-order valence-corrected chi connectivity index (χ4v) is 7.11. The number of hydrogen-bond donors (Lipinski definition) is 0. The van der Waals surface area contributed by atoms with Crippen LogP contribution in [0.2, 0.25) is 10.0 Å². The molecular weight excluding hydrogens is 767 g/mol. The fourth-order valence-electron chi connectivity index (χ4n) is 6.39. The van der Waals surface area contributed by atoms with Crippen LogP contribution < -0.4 is 14.2 Å². The Morgan fingerprint density at radius 2 is 1.27 bits per heavy atom. The first-order chi connectivity index (χ1) is 27.4. The first kappa shape index (κ1) is 38.8. The number of thioether (sulfide) groups is 1. The molecule has 0 atom stereocenters. The van der Waals surface area contributed by atoms with Crippen molar-refractivity contribution in [3.8, 4) is 22.9 Å². The molecule has 0 radical (unpaired) electrons. The highest BCUT2D eigenvalue weighted by Gasteiger charge is 2.25. The quantitative estimate of drug-likeness (QED) is 0.143. The Bertz CT molecular complexity index is 2450. The number of methoxy groups -OCH3 is 3. The standard InChI is InChI=1S/C26H23ClN4O3.C17H15ClN2OS/c1-32-19-10-7-17(8-11-19)15-34-16-25-30-29-24-14-28-26(20-5-3-4-6-23(20)33-2)21-13-18(27)9-12-22(21)31(24)25;1-21-15-6-4-3-5-12(15)17-13-9-11(18)7-8-14(13)20-16(22-2)10-19-17/h3-13H,14-16H2,1-2H3;3-9H,10H2,1-2H3. The molecular formula is C43H38Cl2N6O4S. The van der Waals surface area contributed by atoms with Crippen LogP contribution in [0.25, 0.3) is 5.69 Å². The molecule has 0 saturated carbocycles. The lowest BCUT2D eigenvalue weighted by molar-refractivity contribution is 0.100. The summed E-state index contributed by atoms with van der Waals surface area (Å²) in [7, 11) is 4.97. The zero-order valence-electron chi connectivity index (χ0n) is 31.2. The van der Waals surface area contributed by atoms with Gasteiger partial charge in [0, 0.05) is 32.3 Å². The van der Waals surface area contributed by atoms with E-state index in [1.54, 1.807) is 33.1 Å². The van der Waals surface area contributed by atoms with Crippen LogP contribution in [0, 0.1) is 0 Å². The van der Waals surface area contributed by atoms with Crippen molar-refractivity contribution in [2.24, 2.45) is 15.0 Å². The molecule has 0 bridgehead atoms. The third kappa shape index (κ3) is 8.51. The molecule has 56 heavy (non-hydrogen) atoms. The van der Waals surface area contributed by atoms with E-state index in [1.807, 2.05) is 120 Å². The van der Waals surface area contributed by atoms with Crippen molar-refractivity contribution >= 4 is 57.1 Å². The molecule has 2 aliphatic rings. The number of rotatable bonds is 9. The molecule has 0 fully saturated rings. The zero-order chi connectivity index (χ0) is 39.0. The maximum absolute atomic E-state index is 6.41. The van der Waals surface area contributed by atoms with E-state index >= 15 is 0 Å². The van der Waals surface area contributed by atoms with E-state index in [0.717, 1.165) is 78.7 Å². The summed E-state index contributed by atoms with van der Waals surface area (Å²) < 4.78 is 24.3. The summed E-state index contributed by atoms with van der Waals surface area (Å²) in [6.45, 7) is 1.67. The molecule has 3 heterocycles. The Labute approximate surface area is 339 Å². The van der Waals surface area contributed by atoms with Gasteiger partial charge in [-0.25, -0.2) is 4.99 Å². The van der Waals surface area contributed by atoms with Crippen molar-refractivity contribution in [2.75, 3.05) is 34.1 Å². The lowest BCUT2D eigenvalue weighted by Crippen LogP contribution is -2.11. The number of nitrogens with zero attached hydrogens (tertiary/aromatic N) is 6. The van der Waals surface area contributed by atoms with E-state index < -0.39 is 0 Å². The van der Waals surface area contributed by atoms with E-state index in [2.05, 4.69) is 10.2 Å². The van der Waals surface area contributed by atoms with Crippen molar-refractivity contribution in [3.63, 3.8) is 0 Å². The van der Waals surface area contributed by atoms with E-state index in [-0.39, 0.29) is 0 Å². The molecule has 0 unspecified atom stereocenters. The fraction of sp³-hybridized carbons (Fsp3) is 0.186. The molecule has 0 amide bonds. The van der Waals surface area contributed by atoms with E-state index in [4.69, 9.17) is 57.1 Å². The summed E-state index contributed by atoms with van der Waals surface area (Å²) in [5, 5.41) is 11.1. The molecule has 0 aliphatic carbocycles. The van der Waals surface area contributed by atoms with Gasteiger partial charge in [-0.3, -0.25) is 14.6 Å². The van der Waals surface area contributed by atoms with Gasteiger partial charge in [-0.05, 0) is 84.6 Å². The monoisotopic (exact) mass is 804 g/mol. The Kier molecular flexibility index (Phi) is 12.5. The SMILES string of the molecule is COc1ccc(COCc2nnc3n2-c2ccc(Cl)cc2C(c2ccccc2OC)=NC3)cc1.COc1ccccc1C1=NCC(SC)=Nc2ccc(Cl)cc21. The van der Waals surface area contributed by atoms with Gasteiger partial charge in [-0.1, -0.05) is 59.6 Å². The van der Waals surface area contributed by atoms with Gasteiger partial charge in [-0.2, -0.15) is 0 Å². The predicted molar refractivity (Wildman–Crippen MR) is 226 cm³/mol. The third-order valence-electron chi connectivity index (χ3n) is 9.08. The minimum Gasteiger partial charge on any atom is -0.497 e. The van der Waals surface area contributed by atoms with Gasteiger partial charge in [-0.15, -0.1) is 22.0 Å². The van der Waals surface area contributed by atoms with Crippen LogP contribution in [0.4, 0.5) is 5.69 Å². The molecule has 0 saturated heterocycles. The first-order valence-corrected chi connectivity index (χ1v) is 19.6.